The fourth-order valence-corrected chi connectivity index (χ4v) is 1.95. The van der Waals surface area contributed by atoms with Crippen LogP contribution in [0.1, 0.15) is 60.8 Å². The van der Waals surface area contributed by atoms with Gasteiger partial charge in [-0.2, -0.15) is 0 Å². The predicted octanol–water partition coefficient (Wildman–Crippen LogP) is 5.36. The lowest BCUT2D eigenvalue weighted by Gasteiger charge is -2.06. The monoisotopic (exact) mass is 208 g/mol. The maximum Gasteiger partial charge on any atom is -0.00775 e. The molecule has 0 nitrogen and oxygen atoms in total. The molecular weight excluding hydrogens is 180 g/mol. The first-order chi connectivity index (χ1) is 7.21. The summed E-state index contributed by atoms with van der Waals surface area (Å²) < 4.78 is 0. The molecule has 1 saturated carbocycles. The molecule has 2 atom stereocenters. The number of hydrogen-bond donors (Lipinski definition) is 0. The highest BCUT2D eigenvalue weighted by Gasteiger charge is 2.46. The molecule has 0 amide bonds. The standard InChI is InChI=1S/C11H16.2C2H6/c1-9-5-3-4-6-11(2)8-10(11)7-9;2*1-2/h4,6-7,10H,3,5,8H2,1-2H3;2*1-2H3/b6-4-,9-7-;;. The fourth-order valence-electron chi connectivity index (χ4n) is 1.95. The second kappa shape index (κ2) is 6.87. The van der Waals surface area contributed by atoms with Crippen LogP contribution in [0.25, 0.3) is 0 Å². The quantitative estimate of drug-likeness (QED) is 0.470. The van der Waals surface area contributed by atoms with Gasteiger partial charge in [0.15, 0.2) is 0 Å². The number of fused-ring (bicyclic) bond motifs is 1. The molecule has 0 N–H and O–H groups in total. The van der Waals surface area contributed by atoms with Crippen LogP contribution in [-0.2, 0) is 0 Å². The van der Waals surface area contributed by atoms with Gasteiger partial charge in [0.2, 0.25) is 0 Å². The number of hydrogen-bond acceptors (Lipinski definition) is 0. The fraction of sp³-hybridized carbons (Fsp3) is 0.733. The Morgan fingerprint density at radius 3 is 2.40 bits per heavy atom. The van der Waals surface area contributed by atoms with Gasteiger partial charge in [-0.25, -0.2) is 0 Å². The van der Waals surface area contributed by atoms with Gasteiger partial charge in [-0.05, 0) is 37.5 Å². The van der Waals surface area contributed by atoms with E-state index in [0.717, 1.165) is 5.92 Å². The predicted molar refractivity (Wildman–Crippen MR) is 71.0 cm³/mol. The molecule has 2 unspecified atom stereocenters. The van der Waals surface area contributed by atoms with E-state index >= 15 is 0 Å². The minimum Gasteiger partial charge on any atom is -0.0877 e. The summed E-state index contributed by atoms with van der Waals surface area (Å²) in [5.41, 5.74) is 2.13. The summed E-state index contributed by atoms with van der Waals surface area (Å²) in [5.74, 6) is 0.860. The Bertz CT molecular complexity index is 222. The van der Waals surface area contributed by atoms with Crippen LogP contribution in [-0.4, -0.2) is 0 Å². The van der Waals surface area contributed by atoms with Crippen LogP contribution in [0.5, 0.6) is 0 Å². The largest absolute Gasteiger partial charge is 0.0877 e. The SMILES string of the molecule is C/C1=C/C2CC2(C)/C=C\CC1.CC.CC. The molecule has 0 aromatic rings. The molecule has 0 aromatic carbocycles. The number of rotatable bonds is 0. The van der Waals surface area contributed by atoms with E-state index in [2.05, 4.69) is 32.1 Å². The van der Waals surface area contributed by atoms with Gasteiger partial charge < -0.3 is 0 Å². The average molecular weight is 208 g/mol. The lowest BCUT2D eigenvalue weighted by molar-refractivity contribution is 0.681. The molecule has 2 aliphatic rings. The molecule has 0 saturated heterocycles. The van der Waals surface area contributed by atoms with E-state index in [1.54, 1.807) is 5.57 Å². The summed E-state index contributed by atoms with van der Waals surface area (Å²) in [6, 6.07) is 0. The summed E-state index contributed by atoms with van der Waals surface area (Å²) in [4.78, 5) is 0. The average Bonchev–Trinajstić information content (AvgIpc) is 2.87. The van der Waals surface area contributed by atoms with E-state index in [1.165, 1.54) is 19.3 Å². The molecule has 2 rings (SSSR count). The van der Waals surface area contributed by atoms with Crippen LogP contribution < -0.4 is 0 Å². The lowest BCUT2D eigenvalue weighted by atomic mass is 9.99. The first kappa shape index (κ1) is 14.5. The third-order valence-electron chi connectivity index (χ3n) is 3.04. The molecule has 0 aromatic heterocycles. The molecule has 0 bridgehead atoms. The molecule has 2 aliphatic carbocycles. The maximum atomic E-state index is 2.48. The Morgan fingerprint density at radius 1 is 1.20 bits per heavy atom. The first-order valence-corrected chi connectivity index (χ1v) is 6.56. The van der Waals surface area contributed by atoms with Crippen LogP contribution in [0.15, 0.2) is 23.8 Å². The topological polar surface area (TPSA) is 0 Å². The molecule has 88 valence electrons. The van der Waals surface area contributed by atoms with Crippen molar-refractivity contribution in [2.45, 2.75) is 60.8 Å². The van der Waals surface area contributed by atoms with Gasteiger partial charge in [0.05, 0.1) is 0 Å². The van der Waals surface area contributed by atoms with Crippen LogP contribution >= 0.6 is 0 Å². The Labute approximate surface area is 96.5 Å². The summed E-state index contributed by atoms with van der Waals surface area (Å²) in [6.45, 7) is 12.6. The van der Waals surface area contributed by atoms with Crippen LogP contribution in [0.3, 0.4) is 0 Å². The lowest BCUT2D eigenvalue weighted by Crippen LogP contribution is -1.93. The van der Waals surface area contributed by atoms with Crippen LogP contribution in [0.4, 0.5) is 0 Å². The summed E-state index contributed by atoms with van der Waals surface area (Å²) in [6.07, 6.45) is 11.1. The van der Waals surface area contributed by atoms with E-state index in [0.29, 0.717) is 5.41 Å². The Balaban J connectivity index is 0.000000442. The van der Waals surface area contributed by atoms with Gasteiger partial charge in [0.25, 0.3) is 0 Å². The second-order valence-corrected chi connectivity index (χ2v) is 4.27. The Morgan fingerprint density at radius 2 is 1.80 bits per heavy atom. The van der Waals surface area contributed by atoms with Crippen molar-refractivity contribution in [1.82, 2.24) is 0 Å². The molecular formula is C15H28. The van der Waals surface area contributed by atoms with Crippen molar-refractivity contribution in [3.8, 4) is 0 Å². The van der Waals surface area contributed by atoms with Crippen molar-refractivity contribution in [3.05, 3.63) is 23.8 Å². The summed E-state index contributed by atoms with van der Waals surface area (Å²) in [7, 11) is 0. The molecule has 0 aliphatic heterocycles. The molecule has 0 spiro atoms. The zero-order valence-electron chi connectivity index (χ0n) is 11.4. The molecule has 0 heterocycles. The van der Waals surface area contributed by atoms with E-state index < -0.39 is 0 Å². The van der Waals surface area contributed by atoms with Crippen molar-refractivity contribution in [2.24, 2.45) is 11.3 Å². The van der Waals surface area contributed by atoms with Crippen molar-refractivity contribution in [1.29, 1.82) is 0 Å². The highest BCUT2D eigenvalue weighted by molar-refractivity contribution is 5.23. The molecule has 1 fully saturated rings. The van der Waals surface area contributed by atoms with E-state index in [9.17, 15) is 0 Å². The van der Waals surface area contributed by atoms with Gasteiger partial charge in [-0.3, -0.25) is 0 Å². The highest BCUT2D eigenvalue weighted by atomic mass is 14.5. The van der Waals surface area contributed by atoms with Gasteiger partial charge >= 0.3 is 0 Å². The third-order valence-corrected chi connectivity index (χ3v) is 3.04. The molecule has 0 heteroatoms. The van der Waals surface area contributed by atoms with Gasteiger partial charge in [0, 0.05) is 0 Å². The van der Waals surface area contributed by atoms with Crippen molar-refractivity contribution >= 4 is 0 Å². The van der Waals surface area contributed by atoms with Crippen molar-refractivity contribution < 1.29 is 0 Å². The normalized spacial score (nSPS) is 37.2. The van der Waals surface area contributed by atoms with Crippen molar-refractivity contribution in [2.75, 3.05) is 0 Å². The van der Waals surface area contributed by atoms with Crippen LogP contribution in [0.2, 0.25) is 0 Å². The Hall–Kier alpha value is -0.520. The van der Waals surface area contributed by atoms with Gasteiger partial charge in [-0.15, -0.1) is 0 Å². The van der Waals surface area contributed by atoms with Crippen LogP contribution in [0, 0.1) is 11.3 Å². The maximum absolute atomic E-state index is 2.48. The summed E-state index contributed by atoms with van der Waals surface area (Å²) in [5, 5.41) is 0. The molecule has 0 radical (unpaired) electrons. The van der Waals surface area contributed by atoms with E-state index in [-0.39, 0.29) is 0 Å². The second-order valence-electron chi connectivity index (χ2n) is 4.27. The van der Waals surface area contributed by atoms with E-state index in [4.69, 9.17) is 0 Å². The van der Waals surface area contributed by atoms with Gasteiger partial charge in [0.1, 0.15) is 0 Å². The van der Waals surface area contributed by atoms with E-state index in [1.807, 2.05) is 27.7 Å². The number of allylic oxidation sites excluding steroid dienone is 4. The minimum absolute atomic E-state index is 0.543. The smallest absolute Gasteiger partial charge is 0.00775 e. The highest BCUT2D eigenvalue weighted by Crippen LogP contribution is 2.55. The third kappa shape index (κ3) is 4.24. The first-order valence-electron chi connectivity index (χ1n) is 6.56. The molecule has 15 heavy (non-hydrogen) atoms. The minimum atomic E-state index is 0.543. The zero-order chi connectivity index (χ0) is 11.9. The zero-order valence-corrected chi connectivity index (χ0v) is 11.4. The Kier molecular flexibility index (Phi) is 6.63. The summed E-state index contributed by atoms with van der Waals surface area (Å²) >= 11 is 0. The van der Waals surface area contributed by atoms with Crippen molar-refractivity contribution in [3.63, 3.8) is 0 Å². The van der Waals surface area contributed by atoms with Gasteiger partial charge in [-0.1, -0.05) is 58.4 Å².